The molecule has 1 aromatic rings. The van der Waals surface area contributed by atoms with Gasteiger partial charge in [0.25, 0.3) is 0 Å². The largest absolute Gasteiger partial charge is 0.502 e. The van der Waals surface area contributed by atoms with Crippen LogP contribution in [0.1, 0.15) is 12.8 Å². The summed E-state index contributed by atoms with van der Waals surface area (Å²) in [5, 5.41) is 0. The Morgan fingerprint density at radius 3 is 2.64 bits per heavy atom. The van der Waals surface area contributed by atoms with Gasteiger partial charge in [0.05, 0.1) is 19.5 Å². The molecule has 1 aromatic heterocycles. The van der Waals surface area contributed by atoms with Crippen molar-refractivity contribution in [2.45, 2.75) is 12.8 Å². The molecule has 0 aliphatic carbocycles. The van der Waals surface area contributed by atoms with Crippen LogP contribution >= 0.6 is 0 Å². The average Bonchev–Trinajstić information content (AvgIpc) is 2.25. The number of aromatic nitrogens is 3. The molecular formula is C9H13N3O2. The van der Waals surface area contributed by atoms with E-state index in [1.54, 1.807) is 0 Å². The van der Waals surface area contributed by atoms with E-state index in [1.165, 1.54) is 18.9 Å². The first-order chi connectivity index (χ1) is 6.93. The maximum Gasteiger partial charge on any atom is 0.319 e. The Morgan fingerprint density at radius 1 is 1.21 bits per heavy atom. The van der Waals surface area contributed by atoms with Crippen LogP contribution in [0.4, 0.5) is 0 Å². The first kappa shape index (κ1) is 10.4. The Balaban J connectivity index is 2.02. The second kappa shape index (κ2) is 6.82. The van der Waals surface area contributed by atoms with Gasteiger partial charge in [-0.15, -0.1) is 0 Å². The maximum absolute atomic E-state index is 5.24. The third kappa shape index (κ3) is 4.39. The highest BCUT2D eigenvalue weighted by molar-refractivity contribution is 4.86. The highest BCUT2D eigenvalue weighted by Crippen LogP contribution is 1.98. The molecule has 1 heterocycles. The number of unbranched alkanes of at least 4 members (excludes halogenated alkanes) is 1. The molecule has 0 bridgehead atoms. The first-order valence-corrected chi connectivity index (χ1v) is 4.41. The van der Waals surface area contributed by atoms with Crippen LogP contribution in [0.3, 0.4) is 0 Å². The van der Waals surface area contributed by atoms with Crippen LogP contribution in [0.2, 0.25) is 0 Å². The van der Waals surface area contributed by atoms with Crippen LogP contribution in [0.15, 0.2) is 25.5 Å². The number of nitrogens with zero attached hydrogens (tertiary/aromatic N) is 3. The Hall–Kier alpha value is -1.65. The van der Waals surface area contributed by atoms with Crippen molar-refractivity contribution in [2.24, 2.45) is 0 Å². The number of rotatable bonds is 7. The molecule has 0 aromatic carbocycles. The van der Waals surface area contributed by atoms with Gasteiger partial charge < -0.3 is 9.47 Å². The number of hydrogen-bond donors (Lipinski definition) is 0. The van der Waals surface area contributed by atoms with E-state index in [1.807, 2.05) is 0 Å². The van der Waals surface area contributed by atoms with Gasteiger partial charge in [0, 0.05) is 0 Å². The van der Waals surface area contributed by atoms with Crippen molar-refractivity contribution in [1.82, 2.24) is 15.0 Å². The van der Waals surface area contributed by atoms with Crippen LogP contribution in [-0.4, -0.2) is 28.2 Å². The summed E-state index contributed by atoms with van der Waals surface area (Å²) in [5.41, 5.74) is 0. The topological polar surface area (TPSA) is 57.1 Å². The monoisotopic (exact) mass is 195 g/mol. The lowest BCUT2D eigenvalue weighted by atomic mass is 10.3. The molecule has 76 valence electrons. The summed E-state index contributed by atoms with van der Waals surface area (Å²) < 4.78 is 10.2. The van der Waals surface area contributed by atoms with Gasteiger partial charge >= 0.3 is 6.01 Å². The lowest BCUT2D eigenvalue weighted by molar-refractivity contribution is 0.221. The minimum atomic E-state index is 0.365. The van der Waals surface area contributed by atoms with Crippen LogP contribution in [0, 0.1) is 0 Å². The Morgan fingerprint density at radius 2 is 1.93 bits per heavy atom. The highest BCUT2D eigenvalue weighted by Gasteiger charge is 1.94. The minimum Gasteiger partial charge on any atom is -0.502 e. The third-order valence-corrected chi connectivity index (χ3v) is 1.48. The van der Waals surface area contributed by atoms with Gasteiger partial charge in [-0.1, -0.05) is 6.58 Å². The van der Waals surface area contributed by atoms with E-state index >= 15 is 0 Å². The number of ether oxygens (including phenoxy) is 2. The van der Waals surface area contributed by atoms with Crippen molar-refractivity contribution >= 4 is 0 Å². The minimum absolute atomic E-state index is 0.365. The molecule has 5 nitrogen and oxygen atoms in total. The predicted molar refractivity (Wildman–Crippen MR) is 50.7 cm³/mol. The third-order valence-electron chi connectivity index (χ3n) is 1.48. The van der Waals surface area contributed by atoms with Gasteiger partial charge in [-0.25, -0.2) is 4.98 Å². The molecular weight excluding hydrogens is 182 g/mol. The fourth-order valence-electron chi connectivity index (χ4n) is 0.837. The summed E-state index contributed by atoms with van der Waals surface area (Å²) in [4.78, 5) is 11.3. The molecule has 0 spiro atoms. The van der Waals surface area contributed by atoms with E-state index in [-0.39, 0.29) is 0 Å². The first-order valence-electron chi connectivity index (χ1n) is 4.41. The molecule has 1 rings (SSSR count). The van der Waals surface area contributed by atoms with Crippen molar-refractivity contribution in [3.05, 3.63) is 25.5 Å². The van der Waals surface area contributed by atoms with Crippen LogP contribution < -0.4 is 4.74 Å². The smallest absolute Gasteiger partial charge is 0.319 e. The normalized spacial score (nSPS) is 9.43. The maximum atomic E-state index is 5.24. The summed E-state index contributed by atoms with van der Waals surface area (Å²) in [6.45, 7) is 4.70. The van der Waals surface area contributed by atoms with E-state index in [4.69, 9.17) is 9.47 Å². The molecule has 0 fully saturated rings. The summed E-state index contributed by atoms with van der Waals surface area (Å²) >= 11 is 0. The molecule has 14 heavy (non-hydrogen) atoms. The van der Waals surface area contributed by atoms with Crippen molar-refractivity contribution in [3.8, 4) is 6.01 Å². The lowest BCUT2D eigenvalue weighted by Gasteiger charge is -2.02. The fraction of sp³-hybridized carbons (Fsp3) is 0.444. The zero-order chi connectivity index (χ0) is 10.1. The quantitative estimate of drug-likeness (QED) is 0.483. The summed E-state index contributed by atoms with van der Waals surface area (Å²) in [6.07, 6.45) is 6.08. The molecule has 0 aliphatic heterocycles. The van der Waals surface area contributed by atoms with Crippen molar-refractivity contribution in [1.29, 1.82) is 0 Å². The average molecular weight is 195 g/mol. The molecule has 0 aliphatic rings. The second-order valence-corrected chi connectivity index (χ2v) is 2.51. The zero-order valence-electron chi connectivity index (χ0n) is 7.93. The second-order valence-electron chi connectivity index (χ2n) is 2.51. The van der Waals surface area contributed by atoms with E-state index < -0.39 is 0 Å². The Kier molecular flexibility index (Phi) is 5.08. The molecule has 0 radical (unpaired) electrons. The van der Waals surface area contributed by atoms with Crippen LogP contribution in [-0.2, 0) is 4.74 Å². The van der Waals surface area contributed by atoms with Gasteiger partial charge in [0.2, 0.25) is 0 Å². The summed E-state index contributed by atoms with van der Waals surface area (Å²) in [7, 11) is 0. The van der Waals surface area contributed by atoms with Gasteiger partial charge in [0.1, 0.15) is 12.7 Å². The van der Waals surface area contributed by atoms with E-state index in [9.17, 15) is 0 Å². The van der Waals surface area contributed by atoms with Crippen molar-refractivity contribution in [3.63, 3.8) is 0 Å². The van der Waals surface area contributed by atoms with Gasteiger partial charge in [-0.3, -0.25) is 0 Å². The van der Waals surface area contributed by atoms with E-state index in [0.29, 0.717) is 19.2 Å². The summed E-state index contributed by atoms with van der Waals surface area (Å²) in [6, 6.07) is 0.365. The van der Waals surface area contributed by atoms with Gasteiger partial charge in [-0.2, -0.15) is 9.97 Å². The predicted octanol–water partition coefficient (Wildman–Crippen LogP) is 1.19. The Bertz CT molecular complexity index is 253. The molecule has 0 atom stereocenters. The van der Waals surface area contributed by atoms with Crippen molar-refractivity contribution in [2.75, 3.05) is 13.2 Å². The van der Waals surface area contributed by atoms with Crippen molar-refractivity contribution < 1.29 is 9.47 Å². The lowest BCUT2D eigenvalue weighted by Crippen LogP contribution is -2.02. The van der Waals surface area contributed by atoms with Crippen LogP contribution in [0.5, 0.6) is 6.01 Å². The van der Waals surface area contributed by atoms with Crippen LogP contribution in [0.25, 0.3) is 0 Å². The molecule has 0 amide bonds. The molecule has 5 heteroatoms. The van der Waals surface area contributed by atoms with E-state index in [2.05, 4.69) is 21.5 Å². The molecule has 0 unspecified atom stereocenters. The Labute approximate surface area is 82.8 Å². The molecule has 0 saturated heterocycles. The van der Waals surface area contributed by atoms with Gasteiger partial charge in [-0.05, 0) is 12.8 Å². The number of hydrogen-bond acceptors (Lipinski definition) is 5. The molecule has 0 saturated carbocycles. The van der Waals surface area contributed by atoms with E-state index in [0.717, 1.165) is 12.8 Å². The molecule has 0 N–H and O–H groups in total. The zero-order valence-corrected chi connectivity index (χ0v) is 7.93. The standard InChI is InChI=1S/C9H13N3O2/c1-2-13-5-3-4-6-14-9-11-7-10-8-12-9/h2,7-8H,1,3-6H2. The fourth-order valence-corrected chi connectivity index (χ4v) is 0.837. The summed E-state index contributed by atoms with van der Waals surface area (Å²) in [5.74, 6) is 0. The highest BCUT2D eigenvalue weighted by atomic mass is 16.5. The van der Waals surface area contributed by atoms with Gasteiger partial charge in [0.15, 0.2) is 0 Å². The SMILES string of the molecule is C=COCCCCOc1ncncn1.